The van der Waals surface area contributed by atoms with Gasteiger partial charge in [-0.05, 0) is 61.9 Å². The predicted molar refractivity (Wildman–Crippen MR) is 145 cm³/mol. The van der Waals surface area contributed by atoms with E-state index >= 15 is 0 Å². The van der Waals surface area contributed by atoms with Gasteiger partial charge in [-0.15, -0.1) is 11.3 Å². The number of pyridine rings is 1. The normalized spacial score (nSPS) is 14.7. The van der Waals surface area contributed by atoms with Crippen LogP contribution >= 0.6 is 22.7 Å². The van der Waals surface area contributed by atoms with E-state index in [1.165, 1.54) is 60.5 Å². The van der Waals surface area contributed by atoms with Crippen molar-refractivity contribution >= 4 is 49.8 Å². The molecule has 0 aliphatic heterocycles. The van der Waals surface area contributed by atoms with Crippen LogP contribution in [0, 0.1) is 13.8 Å². The van der Waals surface area contributed by atoms with Gasteiger partial charge in [-0.25, -0.2) is 9.97 Å². The molecule has 5 nitrogen and oxygen atoms in total. The molecule has 1 aliphatic rings. The molecule has 35 heavy (non-hydrogen) atoms. The summed E-state index contributed by atoms with van der Waals surface area (Å²) in [7, 11) is 0. The van der Waals surface area contributed by atoms with Crippen LogP contribution in [0.5, 0.6) is 5.06 Å². The van der Waals surface area contributed by atoms with Gasteiger partial charge in [-0.1, -0.05) is 42.7 Å². The number of aromatic amines is 1. The number of nitrogens with one attached hydrogen (secondary N) is 1. The molecule has 1 N–H and O–H groups in total. The van der Waals surface area contributed by atoms with Crippen LogP contribution < -0.4 is 4.74 Å². The lowest BCUT2D eigenvalue weighted by molar-refractivity contribution is -0.131. The van der Waals surface area contributed by atoms with Crippen LogP contribution in [-0.4, -0.2) is 20.9 Å². The number of rotatable bonds is 4. The van der Waals surface area contributed by atoms with Gasteiger partial charge in [0.15, 0.2) is 5.06 Å². The Hall–Kier alpha value is -3.03. The highest BCUT2D eigenvalue weighted by Crippen LogP contribution is 2.46. The molecule has 1 fully saturated rings. The first-order valence-corrected chi connectivity index (χ1v) is 13.8. The number of nitrogens with zero attached hydrogens (tertiary/aromatic N) is 2. The minimum absolute atomic E-state index is 0.279. The number of aryl methyl sites for hydroxylation is 2. The van der Waals surface area contributed by atoms with Crippen LogP contribution in [0.2, 0.25) is 0 Å². The number of thiazole rings is 1. The van der Waals surface area contributed by atoms with Crippen LogP contribution in [0.25, 0.3) is 42.9 Å². The van der Waals surface area contributed by atoms with E-state index in [1.54, 1.807) is 22.7 Å². The first-order valence-electron chi connectivity index (χ1n) is 12.2. The van der Waals surface area contributed by atoms with Crippen molar-refractivity contribution in [2.45, 2.75) is 58.8 Å². The van der Waals surface area contributed by atoms with Gasteiger partial charge in [0.25, 0.3) is 0 Å². The average molecular weight is 502 g/mol. The lowest BCUT2D eigenvalue weighted by Crippen LogP contribution is -2.05. The monoisotopic (exact) mass is 501 g/mol. The minimum atomic E-state index is -0.279. The van der Waals surface area contributed by atoms with E-state index in [-0.39, 0.29) is 5.97 Å². The highest BCUT2D eigenvalue weighted by Gasteiger charge is 2.26. The number of aromatic nitrogens is 3. The van der Waals surface area contributed by atoms with E-state index < -0.39 is 0 Å². The minimum Gasteiger partial charge on any atom is -0.416 e. The third-order valence-electron chi connectivity index (χ3n) is 6.85. The molecule has 0 atom stereocenters. The summed E-state index contributed by atoms with van der Waals surface area (Å²) in [6, 6.07) is 12.8. The van der Waals surface area contributed by atoms with Gasteiger partial charge >= 0.3 is 5.97 Å². The molecular weight excluding hydrogens is 474 g/mol. The first kappa shape index (κ1) is 22.4. The summed E-state index contributed by atoms with van der Waals surface area (Å²) in [6.07, 6.45) is 6.24. The molecule has 0 amide bonds. The fraction of sp³-hybridized carbons (Fsp3) is 0.321. The second-order valence-electron chi connectivity index (χ2n) is 9.40. The van der Waals surface area contributed by atoms with E-state index in [1.807, 2.05) is 19.9 Å². The number of fused-ring (bicyclic) bond motifs is 2. The molecule has 5 aromatic rings. The van der Waals surface area contributed by atoms with Crippen molar-refractivity contribution in [2.24, 2.45) is 0 Å². The molecule has 178 valence electrons. The second-order valence-corrected chi connectivity index (χ2v) is 11.6. The zero-order valence-corrected chi connectivity index (χ0v) is 21.7. The summed E-state index contributed by atoms with van der Waals surface area (Å²) < 4.78 is 6.62. The zero-order valence-electron chi connectivity index (χ0n) is 20.1. The summed E-state index contributed by atoms with van der Waals surface area (Å²) in [5.41, 5.74) is 7.79. The van der Waals surface area contributed by atoms with E-state index in [0.717, 1.165) is 37.7 Å². The van der Waals surface area contributed by atoms with Crippen LogP contribution in [0.3, 0.4) is 0 Å². The molecule has 7 heteroatoms. The maximum Gasteiger partial charge on any atom is 0.308 e. The standard InChI is InChI=1S/C28H27N3O2S2/c1-15-27(34-16(2)29-15)22-12-9-19-13-20(10-11-21(19)30-22)26-25(18-7-5-4-6-8-18)28-23(31-26)14-24(35-28)33-17(3)32/h9-14,18,31H,4-8H2,1-3H3. The molecule has 1 aromatic carbocycles. The predicted octanol–water partition coefficient (Wildman–Crippen LogP) is 8.16. The number of hydrogen-bond donors (Lipinski definition) is 1. The highest BCUT2D eigenvalue weighted by atomic mass is 32.1. The third kappa shape index (κ3) is 4.17. The topological polar surface area (TPSA) is 67.9 Å². The van der Waals surface area contributed by atoms with Gasteiger partial charge in [0.2, 0.25) is 0 Å². The van der Waals surface area contributed by atoms with Gasteiger partial charge in [0.05, 0.1) is 42.7 Å². The first-order chi connectivity index (χ1) is 17.0. The number of benzene rings is 1. The highest BCUT2D eigenvalue weighted by molar-refractivity contribution is 7.21. The Bertz CT molecular complexity index is 1570. The summed E-state index contributed by atoms with van der Waals surface area (Å²) in [5, 5.41) is 2.85. The molecule has 1 aliphatic carbocycles. The Kier molecular flexibility index (Phi) is 5.69. The number of carbonyl (C=O) groups excluding carboxylic acids is 1. The molecule has 4 aromatic heterocycles. The van der Waals surface area contributed by atoms with Crippen molar-refractivity contribution in [3.05, 3.63) is 52.7 Å². The summed E-state index contributed by atoms with van der Waals surface area (Å²) >= 11 is 3.27. The van der Waals surface area contributed by atoms with Gasteiger partial charge in [-0.3, -0.25) is 4.79 Å². The molecule has 0 spiro atoms. The van der Waals surface area contributed by atoms with E-state index in [2.05, 4.69) is 40.3 Å². The van der Waals surface area contributed by atoms with Crippen molar-refractivity contribution in [1.29, 1.82) is 0 Å². The van der Waals surface area contributed by atoms with Crippen molar-refractivity contribution in [1.82, 2.24) is 15.0 Å². The van der Waals surface area contributed by atoms with Gasteiger partial charge < -0.3 is 9.72 Å². The van der Waals surface area contributed by atoms with Crippen molar-refractivity contribution in [3.63, 3.8) is 0 Å². The number of esters is 1. The van der Waals surface area contributed by atoms with Crippen molar-refractivity contribution in [2.75, 3.05) is 0 Å². The Balaban J connectivity index is 1.44. The lowest BCUT2D eigenvalue weighted by Gasteiger charge is -2.22. The Morgan fingerprint density at radius 3 is 2.60 bits per heavy atom. The molecule has 0 bridgehead atoms. The molecule has 1 saturated carbocycles. The molecule has 0 unspecified atom stereocenters. The van der Waals surface area contributed by atoms with E-state index in [4.69, 9.17) is 9.72 Å². The number of hydrogen-bond acceptors (Lipinski definition) is 6. The van der Waals surface area contributed by atoms with Crippen molar-refractivity contribution < 1.29 is 9.53 Å². The van der Waals surface area contributed by atoms with Crippen LogP contribution in [-0.2, 0) is 4.79 Å². The quantitative estimate of drug-likeness (QED) is 0.252. The number of H-pyrrole nitrogens is 1. The molecule has 6 rings (SSSR count). The second kappa shape index (κ2) is 8.88. The molecular formula is C28H27N3O2S2. The largest absolute Gasteiger partial charge is 0.416 e. The number of thiophene rings is 1. The third-order valence-corrected chi connectivity index (χ3v) is 9.00. The fourth-order valence-electron chi connectivity index (χ4n) is 5.35. The summed E-state index contributed by atoms with van der Waals surface area (Å²) in [6.45, 7) is 5.53. The molecule has 0 radical (unpaired) electrons. The summed E-state index contributed by atoms with van der Waals surface area (Å²) in [4.78, 5) is 25.8. The number of ether oxygens (including phenoxy) is 1. The van der Waals surface area contributed by atoms with Gasteiger partial charge in [0, 0.05) is 18.4 Å². The van der Waals surface area contributed by atoms with Crippen LogP contribution in [0.15, 0.2) is 36.4 Å². The van der Waals surface area contributed by atoms with E-state index in [0.29, 0.717) is 11.0 Å². The van der Waals surface area contributed by atoms with Crippen molar-refractivity contribution in [3.8, 4) is 26.9 Å². The van der Waals surface area contributed by atoms with Crippen LogP contribution in [0.1, 0.15) is 61.2 Å². The average Bonchev–Trinajstić information content (AvgIpc) is 3.50. The Morgan fingerprint density at radius 2 is 1.86 bits per heavy atom. The lowest BCUT2D eigenvalue weighted by atomic mass is 9.83. The van der Waals surface area contributed by atoms with Crippen LogP contribution in [0.4, 0.5) is 0 Å². The molecule has 0 saturated heterocycles. The number of carbonyl (C=O) groups is 1. The SMILES string of the molecule is CC(=O)Oc1cc2[nH]c(-c3ccc4nc(-c5sc(C)nc5C)ccc4c3)c(C3CCCCC3)c2s1. The van der Waals surface area contributed by atoms with E-state index in [9.17, 15) is 4.79 Å². The maximum absolute atomic E-state index is 11.5. The smallest absolute Gasteiger partial charge is 0.308 e. The van der Waals surface area contributed by atoms with Gasteiger partial charge in [-0.2, -0.15) is 0 Å². The summed E-state index contributed by atoms with van der Waals surface area (Å²) in [5.74, 6) is 0.239. The zero-order chi connectivity index (χ0) is 24.1. The fourth-order valence-corrected chi connectivity index (χ4v) is 7.38. The Labute approximate surface area is 212 Å². The Morgan fingerprint density at radius 1 is 1.03 bits per heavy atom. The molecule has 4 heterocycles. The maximum atomic E-state index is 11.5. The van der Waals surface area contributed by atoms with Gasteiger partial charge in [0.1, 0.15) is 0 Å².